The molecular formula is C46H78N6O9S. The number of amides is 4. The summed E-state index contributed by atoms with van der Waals surface area (Å²) in [4.78, 5) is 65.0. The Kier molecular flexibility index (Phi) is 16.4. The number of pyridine rings is 1. The number of fused-ring (bicyclic) bond motifs is 3. The molecule has 7 atom stereocenters. The van der Waals surface area contributed by atoms with Crippen LogP contribution in [0.25, 0.3) is 10.8 Å². The molecule has 1 saturated heterocycles. The van der Waals surface area contributed by atoms with Gasteiger partial charge in [-0.25, -0.2) is 18.2 Å². The van der Waals surface area contributed by atoms with Crippen LogP contribution in [0.3, 0.4) is 0 Å². The van der Waals surface area contributed by atoms with E-state index in [1.165, 1.54) is 4.90 Å². The Morgan fingerprint density at radius 3 is 2.35 bits per heavy atom. The lowest BCUT2D eigenvalue weighted by Gasteiger charge is -2.34. The lowest BCUT2D eigenvalue weighted by atomic mass is 9.85. The van der Waals surface area contributed by atoms with Gasteiger partial charge in [-0.3, -0.25) is 19.1 Å². The molecule has 1 aromatic heterocycles. The molecule has 0 unspecified atom stereocenters. The van der Waals surface area contributed by atoms with Gasteiger partial charge >= 0.3 is 6.09 Å². The van der Waals surface area contributed by atoms with Crippen LogP contribution in [0.4, 0.5) is 10.5 Å². The van der Waals surface area contributed by atoms with Crippen molar-refractivity contribution in [3.8, 4) is 11.6 Å². The summed E-state index contributed by atoms with van der Waals surface area (Å²) < 4.78 is 45.5. The van der Waals surface area contributed by atoms with Crippen LogP contribution in [0.5, 0.6) is 11.6 Å². The molecule has 4 amide bonds. The van der Waals surface area contributed by atoms with Crippen LogP contribution < -0.4 is 29.7 Å². The molecule has 2 aliphatic carbocycles. The number of hydrogen-bond acceptors (Lipinski definition) is 11. The summed E-state index contributed by atoms with van der Waals surface area (Å²) in [5.41, 5.74) is -1.53. The number of carbonyl (C=O) groups is 4. The predicted octanol–water partition coefficient (Wildman–Crippen LogP) is 7.62. The van der Waals surface area contributed by atoms with E-state index < -0.39 is 73.8 Å². The highest BCUT2D eigenvalue weighted by atomic mass is 32.2. The van der Waals surface area contributed by atoms with E-state index in [1.807, 2.05) is 77.9 Å². The molecule has 0 bridgehead atoms. The molecule has 1 aromatic carbocycles. The minimum Gasteiger partial charge on any atom is -0.497 e. The lowest BCUT2D eigenvalue weighted by molar-refractivity contribution is -0.142. The molecule has 3 heterocycles. The number of sulfonamides is 1. The third kappa shape index (κ3) is 11.3. The van der Waals surface area contributed by atoms with Crippen molar-refractivity contribution in [1.82, 2.24) is 25.2 Å². The number of nitrogens with one attached hydrogen (secondary N) is 3. The Labute approximate surface area is 374 Å². The van der Waals surface area contributed by atoms with Crippen LogP contribution in [-0.4, -0.2) is 104 Å². The Balaban J connectivity index is 0.00000294. The zero-order valence-corrected chi connectivity index (χ0v) is 40.0. The number of carbonyl (C=O) groups excluding carboxylic acids is 4. The average molecular weight is 891 g/mol. The van der Waals surface area contributed by atoms with Crippen molar-refractivity contribution in [1.29, 1.82) is 0 Å². The van der Waals surface area contributed by atoms with Crippen LogP contribution in [0, 0.1) is 17.8 Å². The first kappa shape index (κ1) is 50.0. The van der Waals surface area contributed by atoms with E-state index in [9.17, 15) is 22.8 Å². The van der Waals surface area contributed by atoms with E-state index in [1.54, 1.807) is 47.1 Å². The standard InChI is InChI=1S/C42H60N6O9S.2C2H6.3H2/c1-10-26-19-25(2)13-11-12-14-27-22-42(27,38(51)46-58(53,54)41(6)17-18-41)45-35(49)32-21-29(24-48(32)37(50)34(26)44-39(52)57-40(3,4)5)56-36-30-16-15-28(55-9)20-31(30)33(23-43-36)47(7)8;2*1-2;;;/h12,14-16,20,23,25-27,29,32,34H,10-11,13,17-19,21-22,24H2,1-9H3,(H,44,52)(H,45,49)(H,46,51);2*1-2H3;3*1H/b14-12-;;;;;/t25-,26-,27-,29-,32+,34+,42-;;;;;/m1...../s1. The molecule has 62 heavy (non-hydrogen) atoms. The Morgan fingerprint density at radius 1 is 1.08 bits per heavy atom. The molecule has 2 saturated carbocycles. The number of rotatable bonds is 9. The number of ether oxygens (including phenoxy) is 3. The van der Waals surface area contributed by atoms with Crippen molar-refractivity contribution in [2.75, 3.05) is 32.6 Å². The topological polar surface area (TPSA) is 186 Å². The number of anilines is 1. The maximum absolute atomic E-state index is 15.0. The fourth-order valence-electron chi connectivity index (χ4n) is 8.17. The van der Waals surface area contributed by atoms with Gasteiger partial charge in [0.2, 0.25) is 27.7 Å². The average Bonchev–Trinajstić information content (AvgIpc) is 4.11. The van der Waals surface area contributed by atoms with Gasteiger partial charge in [-0.1, -0.05) is 60.1 Å². The zero-order chi connectivity index (χ0) is 46.4. The van der Waals surface area contributed by atoms with Crippen LogP contribution >= 0.6 is 0 Å². The molecule has 0 spiro atoms. The van der Waals surface area contributed by atoms with Gasteiger partial charge in [-0.05, 0) is 96.3 Å². The van der Waals surface area contributed by atoms with Crippen molar-refractivity contribution >= 4 is 50.3 Å². The lowest BCUT2D eigenvalue weighted by Crippen LogP contribution is -2.59. The SMILES string of the molecule is CC.CC.CC[C@@H]1C[C@H](C)CC/C=C\[C@@H]2C[C@@]2(C(=O)NS(=O)(=O)C2(C)CC2)NC(=O)[C@@H]2C[C@@H](Oc3ncc(N(C)C)c4cc(OC)ccc34)CN2C(=O)[C@H]1NC(=O)OC(C)(C)C.[HH].[HH].[HH]. The summed E-state index contributed by atoms with van der Waals surface area (Å²) in [6.45, 7) is 18.9. The van der Waals surface area contributed by atoms with Gasteiger partial charge in [0.15, 0.2) is 0 Å². The van der Waals surface area contributed by atoms with Gasteiger partial charge in [0.1, 0.15) is 35.1 Å². The van der Waals surface area contributed by atoms with Gasteiger partial charge < -0.3 is 34.6 Å². The highest BCUT2D eigenvalue weighted by Crippen LogP contribution is 2.48. The van der Waals surface area contributed by atoms with Gasteiger partial charge in [0.05, 0.1) is 30.3 Å². The highest BCUT2D eigenvalue weighted by molar-refractivity contribution is 7.91. The molecule has 6 rings (SSSR count). The maximum Gasteiger partial charge on any atom is 0.408 e. The van der Waals surface area contributed by atoms with E-state index in [-0.39, 0.29) is 35.5 Å². The maximum atomic E-state index is 15.0. The normalized spacial score (nSPS) is 27.4. The van der Waals surface area contributed by atoms with Gasteiger partial charge in [-0.2, -0.15) is 0 Å². The van der Waals surface area contributed by atoms with Crippen molar-refractivity contribution in [2.24, 2.45) is 17.8 Å². The first-order valence-corrected chi connectivity index (χ1v) is 23.9. The van der Waals surface area contributed by atoms with Crippen molar-refractivity contribution in [3.63, 3.8) is 0 Å². The van der Waals surface area contributed by atoms with Crippen molar-refractivity contribution < 1.29 is 46.1 Å². The second-order valence-electron chi connectivity index (χ2n) is 18.0. The van der Waals surface area contributed by atoms with Crippen molar-refractivity contribution in [2.45, 2.75) is 155 Å². The molecule has 16 heteroatoms. The Morgan fingerprint density at radius 2 is 1.76 bits per heavy atom. The van der Waals surface area contributed by atoms with E-state index in [0.29, 0.717) is 49.1 Å². The first-order valence-electron chi connectivity index (χ1n) is 22.4. The number of aromatic nitrogens is 1. The minimum absolute atomic E-state index is 0. The van der Waals surface area contributed by atoms with E-state index in [2.05, 4.69) is 27.3 Å². The van der Waals surface area contributed by atoms with Crippen LogP contribution in [0.1, 0.15) is 125 Å². The van der Waals surface area contributed by atoms with Gasteiger partial charge in [0.25, 0.3) is 5.91 Å². The van der Waals surface area contributed by atoms with E-state index in [0.717, 1.165) is 17.5 Å². The number of hydrogen-bond donors (Lipinski definition) is 3. The quantitative estimate of drug-likeness (QED) is 0.211. The van der Waals surface area contributed by atoms with E-state index >= 15 is 4.79 Å². The summed E-state index contributed by atoms with van der Waals surface area (Å²) in [6.07, 6.45) is 7.80. The van der Waals surface area contributed by atoms with Gasteiger partial charge in [-0.15, -0.1) is 0 Å². The summed E-state index contributed by atoms with van der Waals surface area (Å²) in [5.74, 6) is -1.56. The Bertz CT molecular complexity index is 2080. The second-order valence-corrected chi connectivity index (χ2v) is 20.2. The van der Waals surface area contributed by atoms with Crippen LogP contribution in [0.15, 0.2) is 36.5 Å². The monoisotopic (exact) mass is 891 g/mol. The summed E-state index contributed by atoms with van der Waals surface area (Å²) in [5, 5.41) is 7.33. The highest BCUT2D eigenvalue weighted by Gasteiger charge is 2.63. The Hall–Kier alpha value is -4.60. The number of alkyl carbamates (subject to hydrolysis) is 1. The molecule has 0 radical (unpaired) electrons. The van der Waals surface area contributed by atoms with Crippen molar-refractivity contribution in [3.05, 3.63) is 36.5 Å². The predicted molar refractivity (Wildman–Crippen MR) is 249 cm³/mol. The molecule has 352 valence electrons. The largest absolute Gasteiger partial charge is 0.497 e. The first-order chi connectivity index (χ1) is 29.2. The summed E-state index contributed by atoms with van der Waals surface area (Å²) >= 11 is 0. The third-order valence-electron chi connectivity index (χ3n) is 12.1. The fraction of sp³-hybridized carbons (Fsp3) is 0.674. The summed E-state index contributed by atoms with van der Waals surface area (Å²) in [6, 6.07) is 3.36. The third-order valence-corrected chi connectivity index (χ3v) is 14.2. The summed E-state index contributed by atoms with van der Waals surface area (Å²) in [7, 11) is 1.39. The van der Waals surface area contributed by atoms with Gasteiger partial charge in [0, 0.05) is 41.5 Å². The smallest absolute Gasteiger partial charge is 0.408 e. The number of nitrogens with zero attached hydrogens (tertiary/aromatic N) is 3. The molecule has 3 fully saturated rings. The zero-order valence-electron chi connectivity index (χ0n) is 39.2. The fourth-order valence-corrected chi connectivity index (χ4v) is 9.48. The molecule has 2 aromatic rings. The van der Waals surface area contributed by atoms with Crippen LogP contribution in [-0.2, 0) is 29.1 Å². The molecule has 4 aliphatic rings. The second kappa shape index (κ2) is 20.3. The molecule has 15 nitrogen and oxygen atoms in total. The molecule has 3 N–H and O–H groups in total. The molecule has 2 aliphatic heterocycles. The van der Waals surface area contributed by atoms with E-state index in [4.69, 9.17) is 14.2 Å². The minimum atomic E-state index is -4.01. The number of benzene rings is 1. The number of methoxy groups -OCH3 is 1. The molecular weight excluding hydrogens is 813 g/mol. The van der Waals surface area contributed by atoms with Crippen LogP contribution in [0.2, 0.25) is 0 Å². The number of allylic oxidation sites excluding steroid dienone is 1.